The van der Waals surface area contributed by atoms with Crippen LogP contribution >= 0.6 is 0 Å². The first-order chi connectivity index (χ1) is 15.9. The zero-order valence-corrected chi connectivity index (χ0v) is 20.2. The van der Waals surface area contributed by atoms with Gasteiger partial charge in [0, 0.05) is 23.5 Å². The van der Waals surface area contributed by atoms with Crippen LogP contribution in [0.5, 0.6) is 0 Å². The summed E-state index contributed by atoms with van der Waals surface area (Å²) in [5.74, 6) is -4.14. The number of rotatable bonds is 2. The van der Waals surface area contributed by atoms with Crippen molar-refractivity contribution in [3.05, 3.63) is 47.5 Å². The molecule has 8 atom stereocenters. The van der Waals surface area contributed by atoms with E-state index in [1.807, 2.05) is 27.7 Å². The van der Waals surface area contributed by atoms with Crippen molar-refractivity contribution in [3.8, 4) is 0 Å². The van der Waals surface area contributed by atoms with Gasteiger partial charge in [0.25, 0.3) is 0 Å². The maximum absolute atomic E-state index is 13.1. The largest absolute Gasteiger partial charge is 0.453 e. The summed E-state index contributed by atoms with van der Waals surface area (Å²) < 4.78 is 11.3. The van der Waals surface area contributed by atoms with Crippen molar-refractivity contribution < 1.29 is 34.4 Å². The molecule has 184 valence electrons. The standard InChI is InChI=1S/C27H34O7/c1-15-17-13-19(28)34-26(17,31)14-18-20(15)21(29)22(33-23(30)16-9-6-5-7-10-16)27(32)24(2,3)11-8-12-25(18,27)4/h5-7,9-10,13,15,18,20-22,29,31-32H,8,11-12,14H2,1-4H3. The van der Waals surface area contributed by atoms with E-state index >= 15 is 0 Å². The predicted molar refractivity (Wildman–Crippen MR) is 122 cm³/mol. The average molecular weight is 471 g/mol. The van der Waals surface area contributed by atoms with Crippen LogP contribution < -0.4 is 0 Å². The van der Waals surface area contributed by atoms with Crippen molar-refractivity contribution in [1.82, 2.24) is 0 Å². The van der Waals surface area contributed by atoms with Crippen LogP contribution in [-0.4, -0.2) is 50.9 Å². The summed E-state index contributed by atoms with van der Waals surface area (Å²) in [6, 6.07) is 8.56. The molecule has 0 spiro atoms. The van der Waals surface area contributed by atoms with E-state index < -0.39 is 58.2 Å². The van der Waals surface area contributed by atoms with Gasteiger partial charge in [0.1, 0.15) is 5.60 Å². The summed E-state index contributed by atoms with van der Waals surface area (Å²) in [6.45, 7) is 7.73. The van der Waals surface area contributed by atoms with Gasteiger partial charge >= 0.3 is 11.9 Å². The molecule has 1 heterocycles. The summed E-state index contributed by atoms with van der Waals surface area (Å²) in [4.78, 5) is 25.3. The normalized spacial score (nSPS) is 44.7. The Bertz CT molecular complexity index is 1050. The molecule has 0 saturated heterocycles. The molecule has 5 rings (SSSR count). The summed E-state index contributed by atoms with van der Waals surface area (Å²) in [5, 5.41) is 35.6. The number of ether oxygens (including phenoxy) is 2. The lowest BCUT2D eigenvalue weighted by Crippen LogP contribution is -2.77. The number of hydrogen-bond acceptors (Lipinski definition) is 7. The van der Waals surface area contributed by atoms with Gasteiger partial charge in [-0.05, 0) is 48.1 Å². The van der Waals surface area contributed by atoms with Gasteiger partial charge in [-0.3, -0.25) is 0 Å². The molecule has 4 aliphatic rings. The van der Waals surface area contributed by atoms with Crippen LogP contribution in [0, 0.1) is 28.6 Å². The second-order valence-electron chi connectivity index (χ2n) is 11.6. The molecule has 7 heteroatoms. The predicted octanol–water partition coefficient (Wildman–Crippen LogP) is 2.98. The Morgan fingerprint density at radius 1 is 1.12 bits per heavy atom. The molecule has 0 amide bonds. The minimum absolute atomic E-state index is 0.0882. The van der Waals surface area contributed by atoms with Crippen molar-refractivity contribution in [2.45, 2.75) is 77.0 Å². The highest BCUT2D eigenvalue weighted by Gasteiger charge is 2.75. The highest BCUT2D eigenvalue weighted by Crippen LogP contribution is 2.68. The molecule has 34 heavy (non-hydrogen) atoms. The molecular formula is C27H34O7. The van der Waals surface area contributed by atoms with E-state index in [4.69, 9.17) is 9.47 Å². The minimum Gasteiger partial charge on any atom is -0.453 e. The fourth-order valence-corrected chi connectivity index (χ4v) is 7.91. The third-order valence-corrected chi connectivity index (χ3v) is 9.60. The number of aliphatic hydroxyl groups excluding tert-OH is 1. The lowest BCUT2D eigenvalue weighted by Gasteiger charge is -2.69. The molecule has 8 unspecified atom stereocenters. The van der Waals surface area contributed by atoms with E-state index in [0.717, 1.165) is 6.42 Å². The molecule has 3 aliphatic carbocycles. The number of hydrogen-bond donors (Lipinski definition) is 3. The molecule has 0 bridgehead atoms. The van der Waals surface area contributed by atoms with E-state index in [1.54, 1.807) is 30.3 Å². The van der Waals surface area contributed by atoms with Gasteiger partial charge in [-0.15, -0.1) is 0 Å². The van der Waals surface area contributed by atoms with Gasteiger partial charge in [-0.1, -0.05) is 52.3 Å². The smallest absolute Gasteiger partial charge is 0.338 e. The Balaban J connectivity index is 1.63. The van der Waals surface area contributed by atoms with Gasteiger partial charge in [-0.25, -0.2) is 9.59 Å². The van der Waals surface area contributed by atoms with E-state index in [0.29, 0.717) is 24.0 Å². The Morgan fingerprint density at radius 3 is 2.47 bits per heavy atom. The van der Waals surface area contributed by atoms with Crippen LogP contribution in [0.15, 0.2) is 42.0 Å². The van der Waals surface area contributed by atoms with E-state index in [1.165, 1.54) is 6.08 Å². The Hall–Kier alpha value is -2.22. The number of carbonyl (C=O) groups excluding carboxylic acids is 2. The average Bonchev–Trinajstić information content (AvgIpc) is 3.09. The van der Waals surface area contributed by atoms with Crippen molar-refractivity contribution in [2.75, 3.05) is 0 Å². The molecular weight excluding hydrogens is 436 g/mol. The molecule has 0 radical (unpaired) electrons. The number of aliphatic hydroxyl groups is 3. The first-order valence-electron chi connectivity index (χ1n) is 12.2. The lowest BCUT2D eigenvalue weighted by molar-refractivity contribution is -0.328. The van der Waals surface area contributed by atoms with Crippen molar-refractivity contribution >= 4 is 11.9 Å². The van der Waals surface area contributed by atoms with Crippen LogP contribution in [0.3, 0.4) is 0 Å². The van der Waals surface area contributed by atoms with Crippen molar-refractivity contribution in [2.24, 2.45) is 28.6 Å². The van der Waals surface area contributed by atoms with Crippen LogP contribution in [0.1, 0.15) is 63.7 Å². The molecule has 1 aromatic carbocycles. The molecule has 3 saturated carbocycles. The first-order valence-corrected chi connectivity index (χ1v) is 12.2. The van der Waals surface area contributed by atoms with Gasteiger partial charge in [0.05, 0.1) is 11.7 Å². The highest BCUT2D eigenvalue weighted by atomic mass is 16.7. The zero-order valence-electron chi connectivity index (χ0n) is 20.2. The summed E-state index contributed by atoms with van der Waals surface area (Å²) in [7, 11) is 0. The summed E-state index contributed by atoms with van der Waals surface area (Å²) in [6.07, 6.45) is 1.22. The summed E-state index contributed by atoms with van der Waals surface area (Å²) in [5.41, 5.74) is -2.26. The number of benzene rings is 1. The Labute approximate surface area is 199 Å². The van der Waals surface area contributed by atoms with Crippen molar-refractivity contribution in [1.29, 1.82) is 0 Å². The maximum atomic E-state index is 13.1. The summed E-state index contributed by atoms with van der Waals surface area (Å²) >= 11 is 0. The van der Waals surface area contributed by atoms with Crippen LogP contribution in [-0.2, 0) is 14.3 Å². The Kier molecular flexibility index (Phi) is 5.11. The van der Waals surface area contributed by atoms with E-state index in [2.05, 4.69) is 0 Å². The number of carbonyl (C=O) groups is 2. The van der Waals surface area contributed by atoms with Gasteiger partial charge in [-0.2, -0.15) is 0 Å². The molecule has 1 aromatic rings. The topological polar surface area (TPSA) is 113 Å². The fourth-order valence-electron chi connectivity index (χ4n) is 7.91. The van der Waals surface area contributed by atoms with E-state index in [9.17, 15) is 24.9 Å². The van der Waals surface area contributed by atoms with Crippen molar-refractivity contribution in [3.63, 3.8) is 0 Å². The van der Waals surface area contributed by atoms with Crippen LogP contribution in [0.2, 0.25) is 0 Å². The van der Waals surface area contributed by atoms with E-state index in [-0.39, 0.29) is 12.3 Å². The molecule has 1 aliphatic heterocycles. The number of fused-ring (bicyclic) bond motifs is 4. The second kappa shape index (κ2) is 7.39. The third kappa shape index (κ3) is 2.93. The monoisotopic (exact) mass is 470 g/mol. The first kappa shape index (κ1) is 23.5. The molecule has 3 fully saturated rings. The molecule has 7 nitrogen and oxygen atoms in total. The number of esters is 2. The lowest BCUT2D eigenvalue weighted by atomic mass is 9.39. The SMILES string of the molecule is CC1C2=CC(=O)OC2(O)CC2C1C(O)C(OC(=O)c1ccccc1)C1(O)C(C)(C)CCCC21C. The zero-order chi connectivity index (χ0) is 24.7. The van der Waals surface area contributed by atoms with Gasteiger partial charge < -0.3 is 24.8 Å². The van der Waals surface area contributed by atoms with Gasteiger partial charge in [0.2, 0.25) is 5.79 Å². The van der Waals surface area contributed by atoms with Gasteiger partial charge in [0.15, 0.2) is 6.10 Å². The Morgan fingerprint density at radius 2 is 1.79 bits per heavy atom. The fraction of sp³-hybridized carbons (Fsp3) is 0.630. The van der Waals surface area contributed by atoms with Crippen LogP contribution in [0.25, 0.3) is 0 Å². The quantitative estimate of drug-likeness (QED) is 0.570. The second-order valence-corrected chi connectivity index (χ2v) is 11.6. The minimum atomic E-state index is -1.74. The molecule has 0 aromatic heterocycles. The maximum Gasteiger partial charge on any atom is 0.338 e. The third-order valence-electron chi connectivity index (χ3n) is 9.60. The highest BCUT2D eigenvalue weighted by molar-refractivity contribution is 5.89. The van der Waals surface area contributed by atoms with Crippen LogP contribution in [0.4, 0.5) is 0 Å². The molecule has 3 N–H and O–H groups in total.